The Hall–Kier alpha value is -1.26. The molecule has 0 unspecified atom stereocenters. The van der Waals surface area contributed by atoms with Crippen LogP contribution >= 0.6 is 0 Å². The molecule has 2 amide bonds. The number of ether oxygens (including phenoxy) is 1. The van der Waals surface area contributed by atoms with Crippen molar-refractivity contribution >= 4 is 12.0 Å². The second-order valence-electron chi connectivity index (χ2n) is 2.50. The first kappa shape index (κ1) is 11.7. The largest absolute Gasteiger partial charge is 0.465 e. The molecule has 0 aliphatic rings. The van der Waals surface area contributed by atoms with E-state index in [1.807, 2.05) is 6.92 Å². The van der Waals surface area contributed by atoms with Crippen molar-refractivity contribution in [3.63, 3.8) is 0 Å². The summed E-state index contributed by atoms with van der Waals surface area (Å²) in [7, 11) is 1.54. The molecule has 0 rings (SSSR count). The number of nitrogens with zero attached hydrogens (tertiary/aromatic N) is 1. The van der Waals surface area contributed by atoms with Crippen molar-refractivity contribution in [2.24, 2.45) is 0 Å². The van der Waals surface area contributed by atoms with Gasteiger partial charge < -0.3 is 15.0 Å². The number of esters is 1. The van der Waals surface area contributed by atoms with Gasteiger partial charge in [-0.3, -0.25) is 4.79 Å². The lowest BCUT2D eigenvalue weighted by Crippen LogP contribution is -2.40. The number of carbonyl (C=O) groups is 2. The van der Waals surface area contributed by atoms with E-state index >= 15 is 0 Å². The van der Waals surface area contributed by atoms with E-state index in [2.05, 4.69) is 10.1 Å². The van der Waals surface area contributed by atoms with Crippen LogP contribution in [0.2, 0.25) is 0 Å². The van der Waals surface area contributed by atoms with Gasteiger partial charge in [-0.2, -0.15) is 0 Å². The number of hydrogen-bond donors (Lipinski definition) is 1. The summed E-state index contributed by atoms with van der Waals surface area (Å²) in [6, 6.07) is -0.268. The molecule has 0 saturated heterocycles. The minimum absolute atomic E-state index is 0.0142. The monoisotopic (exact) mass is 188 g/mol. The fourth-order valence-corrected chi connectivity index (χ4v) is 0.758. The summed E-state index contributed by atoms with van der Waals surface area (Å²) in [5, 5.41) is 2.57. The van der Waals surface area contributed by atoms with Crippen LogP contribution in [0.4, 0.5) is 4.79 Å². The van der Waals surface area contributed by atoms with Crippen molar-refractivity contribution in [1.29, 1.82) is 0 Å². The molecule has 0 aromatic carbocycles. The zero-order chi connectivity index (χ0) is 10.3. The Balaban J connectivity index is 3.78. The fourth-order valence-electron chi connectivity index (χ4n) is 0.758. The Morgan fingerprint density at radius 2 is 2.00 bits per heavy atom. The molecule has 0 fully saturated rings. The first-order valence-electron chi connectivity index (χ1n) is 4.26. The van der Waals surface area contributed by atoms with E-state index in [-0.39, 0.29) is 12.6 Å². The molecule has 0 aromatic rings. The molecule has 0 heterocycles. The minimum atomic E-state index is -0.392. The summed E-state index contributed by atoms with van der Waals surface area (Å²) in [5.74, 6) is -0.392. The average molecular weight is 188 g/mol. The third kappa shape index (κ3) is 5.05. The topological polar surface area (TPSA) is 58.6 Å². The van der Waals surface area contributed by atoms with Crippen LogP contribution in [0.25, 0.3) is 0 Å². The number of hydrogen-bond acceptors (Lipinski definition) is 3. The molecule has 0 bridgehead atoms. The number of urea groups is 1. The molecule has 0 saturated carbocycles. The molecule has 0 radical (unpaired) electrons. The second kappa shape index (κ2) is 6.28. The third-order valence-corrected chi connectivity index (χ3v) is 1.35. The van der Waals surface area contributed by atoms with Gasteiger partial charge in [-0.05, 0) is 13.8 Å². The van der Waals surface area contributed by atoms with Crippen LogP contribution in [0, 0.1) is 0 Å². The molecule has 1 N–H and O–H groups in total. The normalized spacial score (nSPS) is 9.15. The van der Waals surface area contributed by atoms with E-state index in [1.165, 1.54) is 4.90 Å². The van der Waals surface area contributed by atoms with E-state index in [9.17, 15) is 9.59 Å². The van der Waals surface area contributed by atoms with Crippen LogP contribution in [-0.2, 0) is 9.53 Å². The van der Waals surface area contributed by atoms with E-state index in [4.69, 9.17) is 0 Å². The van der Waals surface area contributed by atoms with Crippen molar-refractivity contribution in [3.05, 3.63) is 0 Å². The highest BCUT2D eigenvalue weighted by atomic mass is 16.5. The van der Waals surface area contributed by atoms with Gasteiger partial charge in [0.15, 0.2) is 0 Å². The van der Waals surface area contributed by atoms with Crippen LogP contribution in [0.3, 0.4) is 0 Å². The summed E-state index contributed by atoms with van der Waals surface area (Å²) in [6.07, 6.45) is 0. The number of amides is 2. The molecule has 0 spiro atoms. The van der Waals surface area contributed by atoms with Crippen molar-refractivity contribution in [2.45, 2.75) is 13.8 Å². The zero-order valence-electron chi connectivity index (χ0n) is 8.29. The SMILES string of the molecule is CCNC(=O)N(C)CC(=O)OCC. The first-order chi connectivity index (χ1) is 6.11. The highest BCUT2D eigenvalue weighted by molar-refractivity contribution is 5.80. The predicted octanol–water partition coefficient (Wildman–Crippen LogP) is 0.211. The van der Waals surface area contributed by atoms with Gasteiger partial charge in [-0.15, -0.1) is 0 Å². The van der Waals surface area contributed by atoms with E-state index in [0.29, 0.717) is 13.2 Å². The maximum absolute atomic E-state index is 11.1. The lowest BCUT2D eigenvalue weighted by atomic mass is 10.5. The molecular weight excluding hydrogens is 172 g/mol. The average Bonchev–Trinajstić information content (AvgIpc) is 2.05. The first-order valence-corrected chi connectivity index (χ1v) is 4.26. The molecule has 5 nitrogen and oxygen atoms in total. The Bertz CT molecular complexity index is 182. The third-order valence-electron chi connectivity index (χ3n) is 1.35. The highest BCUT2D eigenvalue weighted by Crippen LogP contribution is 1.86. The quantitative estimate of drug-likeness (QED) is 0.642. The fraction of sp³-hybridized carbons (Fsp3) is 0.750. The van der Waals surface area contributed by atoms with Crippen LogP contribution in [0.5, 0.6) is 0 Å². The van der Waals surface area contributed by atoms with E-state index in [1.54, 1.807) is 14.0 Å². The van der Waals surface area contributed by atoms with Gasteiger partial charge in [0.2, 0.25) is 0 Å². The highest BCUT2D eigenvalue weighted by Gasteiger charge is 2.11. The summed E-state index contributed by atoms with van der Waals surface area (Å²) >= 11 is 0. The van der Waals surface area contributed by atoms with Gasteiger partial charge in [-0.1, -0.05) is 0 Å². The molecular formula is C8H16N2O3. The van der Waals surface area contributed by atoms with Gasteiger partial charge in [-0.25, -0.2) is 4.79 Å². The number of rotatable bonds is 4. The summed E-state index contributed by atoms with van der Waals surface area (Å²) in [4.78, 5) is 23.3. The molecule has 5 heteroatoms. The Morgan fingerprint density at radius 3 is 2.46 bits per heavy atom. The standard InChI is InChI=1S/C8H16N2O3/c1-4-9-8(12)10(3)6-7(11)13-5-2/h4-6H2,1-3H3,(H,9,12). The van der Waals surface area contributed by atoms with Crippen molar-refractivity contribution in [2.75, 3.05) is 26.7 Å². The number of likely N-dealkylation sites (N-methyl/N-ethyl adjacent to an activating group) is 1. The molecule has 0 aliphatic carbocycles. The van der Waals surface area contributed by atoms with Crippen LogP contribution in [0.1, 0.15) is 13.8 Å². The van der Waals surface area contributed by atoms with Gasteiger partial charge in [0.05, 0.1) is 6.61 Å². The Kier molecular flexibility index (Phi) is 5.67. The molecule has 0 aliphatic heterocycles. The summed E-state index contributed by atoms with van der Waals surface area (Å²) < 4.78 is 4.68. The van der Waals surface area contributed by atoms with Crippen molar-refractivity contribution in [3.8, 4) is 0 Å². The minimum Gasteiger partial charge on any atom is -0.465 e. The van der Waals surface area contributed by atoms with E-state index in [0.717, 1.165) is 0 Å². The molecule has 76 valence electrons. The lowest BCUT2D eigenvalue weighted by molar-refractivity contribution is -0.143. The van der Waals surface area contributed by atoms with Crippen molar-refractivity contribution in [1.82, 2.24) is 10.2 Å². The van der Waals surface area contributed by atoms with Gasteiger partial charge in [0.1, 0.15) is 6.54 Å². The molecule has 0 atom stereocenters. The number of nitrogens with one attached hydrogen (secondary N) is 1. The number of carbonyl (C=O) groups excluding carboxylic acids is 2. The molecule has 0 aromatic heterocycles. The Labute approximate surface area is 78.0 Å². The van der Waals surface area contributed by atoms with Gasteiger partial charge in [0.25, 0.3) is 0 Å². The second-order valence-corrected chi connectivity index (χ2v) is 2.50. The van der Waals surface area contributed by atoms with Gasteiger partial charge in [0, 0.05) is 13.6 Å². The Morgan fingerprint density at radius 1 is 1.38 bits per heavy atom. The zero-order valence-corrected chi connectivity index (χ0v) is 8.29. The summed E-state index contributed by atoms with van der Waals surface area (Å²) in [6.45, 7) is 4.41. The maximum Gasteiger partial charge on any atom is 0.325 e. The molecule has 13 heavy (non-hydrogen) atoms. The van der Waals surface area contributed by atoms with E-state index < -0.39 is 5.97 Å². The van der Waals surface area contributed by atoms with Crippen LogP contribution in [0.15, 0.2) is 0 Å². The predicted molar refractivity (Wildman–Crippen MR) is 48.3 cm³/mol. The lowest BCUT2D eigenvalue weighted by Gasteiger charge is -2.15. The smallest absolute Gasteiger partial charge is 0.325 e. The van der Waals surface area contributed by atoms with Crippen LogP contribution in [-0.4, -0.2) is 43.6 Å². The summed E-state index contributed by atoms with van der Waals surface area (Å²) in [5.41, 5.74) is 0. The van der Waals surface area contributed by atoms with Crippen molar-refractivity contribution < 1.29 is 14.3 Å². The van der Waals surface area contributed by atoms with Gasteiger partial charge >= 0.3 is 12.0 Å². The maximum atomic E-state index is 11.1. The van der Waals surface area contributed by atoms with Crippen LogP contribution < -0.4 is 5.32 Å².